The fraction of sp³-hybridized carbons (Fsp3) is 0.176. The van der Waals surface area contributed by atoms with E-state index in [1.807, 2.05) is 24.3 Å². The van der Waals surface area contributed by atoms with Gasteiger partial charge in [0.2, 0.25) is 5.91 Å². The number of rotatable bonds is 5. The molecule has 1 aromatic heterocycles. The van der Waals surface area contributed by atoms with Crippen molar-refractivity contribution in [2.75, 3.05) is 19.5 Å². The Hall–Kier alpha value is -3.02. The fourth-order valence-electron chi connectivity index (χ4n) is 2.30. The van der Waals surface area contributed by atoms with Gasteiger partial charge in [-0.15, -0.1) is 0 Å². The molecule has 1 amide bonds. The summed E-state index contributed by atoms with van der Waals surface area (Å²) in [6, 6.07) is 12.6. The molecule has 2 aromatic carbocycles. The number of ether oxygens (including phenoxy) is 2. The highest BCUT2D eigenvalue weighted by molar-refractivity contribution is 5.95. The molecule has 0 saturated heterocycles. The van der Waals surface area contributed by atoms with Gasteiger partial charge in [-0.2, -0.15) is 0 Å². The Balaban J connectivity index is 1.77. The van der Waals surface area contributed by atoms with Crippen LogP contribution in [0.25, 0.3) is 11.0 Å². The van der Waals surface area contributed by atoms with Crippen LogP contribution in [-0.4, -0.2) is 25.3 Å². The minimum atomic E-state index is -0.195. The summed E-state index contributed by atoms with van der Waals surface area (Å²) in [5, 5.41) is 7.61. The molecule has 0 fully saturated rings. The minimum Gasteiger partial charge on any atom is -0.497 e. The summed E-state index contributed by atoms with van der Waals surface area (Å²) in [4.78, 5) is 12.2. The van der Waals surface area contributed by atoms with Crippen molar-refractivity contribution < 1.29 is 18.8 Å². The molecule has 6 heteroatoms. The lowest BCUT2D eigenvalue weighted by atomic mass is 10.1. The second kappa shape index (κ2) is 6.39. The number of methoxy groups -OCH3 is 2. The maximum Gasteiger partial charge on any atom is 0.230 e. The zero-order valence-electron chi connectivity index (χ0n) is 12.8. The van der Waals surface area contributed by atoms with Crippen molar-refractivity contribution in [3.8, 4) is 11.5 Å². The Bertz CT molecular complexity index is 819. The number of carbonyl (C=O) groups excluding carboxylic acids is 1. The topological polar surface area (TPSA) is 73.6 Å². The Labute approximate surface area is 133 Å². The van der Waals surface area contributed by atoms with Crippen LogP contribution in [0, 0.1) is 0 Å². The Morgan fingerprint density at radius 3 is 2.52 bits per heavy atom. The van der Waals surface area contributed by atoms with Gasteiger partial charge in [0, 0.05) is 29.3 Å². The van der Waals surface area contributed by atoms with E-state index >= 15 is 0 Å². The maximum atomic E-state index is 12.2. The third-order valence-corrected chi connectivity index (χ3v) is 3.42. The molecule has 0 saturated carbocycles. The molecule has 0 radical (unpaired) electrons. The van der Waals surface area contributed by atoms with Gasteiger partial charge in [0.15, 0.2) is 5.58 Å². The lowest BCUT2D eigenvalue weighted by molar-refractivity contribution is -0.115. The van der Waals surface area contributed by atoms with Crippen molar-refractivity contribution in [1.29, 1.82) is 0 Å². The standard InChI is InChI=1S/C17H16N2O4/c1-21-12-7-11(8-13(9-12)22-2)18-17(20)10-15-14-5-3-4-6-16(14)23-19-15/h3-9H,10H2,1-2H3,(H,18,20). The number of benzene rings is 2. The van der Waals surface area contributed by atoms with Gasteiger partial charge in [-0.25, -0.2) is 0 Å². The summed E-state index contributed by atoms with van der Waals surface area (Å²) < 4.78 is 15.6. The van der Waals surface area contributed by atoms with Crippen LogP contribution in [-0.2, 0) is 11.2 Å². The Morgan fingerprint density at radius 1 is 1.13 bits per heavy atom. The molecular weight excluding hydrogens is 296 g/mol. The van der Waals surface area contributed by atoms with E-state index in [0.717, 1.165) is 5.39 Å². The first kappa shape index (κ1) is 14.9. The van der Waals surface area contributed by atoms with Gasteiger partial charge in [0.05, 0.1) is 20.6 Å². The van der Waals surface area contributed by atoms with Gasteiger partial charge in [-0.05, 0) is 12.1 Å². The van der Waals surface area contributed by atoms with Gasteiger partial charge in [-0.3, -0.25) is 4.79 Å². The summed E-state index contributed by atoms with van der Waals surface area (Å²) in [6.45, 7) is 0. The van der Waals surface area contributed by atoms with Crippen LogP contribution in [0.1, 0.15) is 5.69 Å². The fourth-order valence-corrected chi connectivity index (χ4v) is 2.30. The molecule has 1 heterocycles. The van der Waals surface area contributed by atoms with E-state index in [1.165, 1.54) is 0 Å². The number of amides is 1. The van der Waals surface area contributed by atoms with E-state index in [0.29, 0.717) is 28.5 Å². The molecule has 0 aliphatic carbocycles. The van der Waals surface area contributed by atoms with Crippen LogP contribution in [0.2, 0.25) is 0 Å². The highest BCUT2D eigenvalue weighted by Gasteiger charge is 2.13. The van der Waals surface area contributed by atoms with Crippen LogP contribution < -0.4 is 14.8 Å². The van der Waals surface area contributed by atoms with E-state index in [1.54, 1.807) is 32.4 Å². The summed E-state index contributed by atoms with van der Waals surface area (Å²) >= 11 is 0. The van der Waals surface area contributed by atoms with Crippen molar-refractivity contribution >= 4 is 22.6 Å². The van der Waals surface area contributed by atoms with Gasteiger partial charge in [0.25, 0.3) is 0 Å². The predicted octanol–water partition coefficient (Wildman–Crippen LogP) is 3.03. The molecule has 118 valence electrons. The molecule has 0 atom stereocenters. The van der Waals surface area contributed by atoms with E-state index < -0.39 is 0 Å². The van der Waals surface area contributed by atoms with E-state index in [9.17, 15) is 4.79 Å². The number of nitrogens with one attached hydrogen (secondary N) is 1. The maximum absolute atomic E-state index is 12.2. The van der Waals surface area contributed by atoms with Crippen LogP contribution in [0.4, 0.5) is 5.69 Å². The lowest BCUT2D eigenvalue weighted by Gasteiger charge is -2.09. The van der Waals surface area contributed by atoms with Crippen LogP contribution >= 0.6 is 0 Å². The number of para-hydroxylation sites is 1. The first-order valence-corrected chi connectivity index (χ1v) is 7.06. The summed E-state index contributed by atoms with van der Waals surface area (Å²) in [7, 11) is 3.11. The van der Waals surface area contributed by atoms with Crippen molar-refractivity contribution in [2.45, 2.75) is 6.42 Å². The van der Waals surface area contributed by atoms with Crippen molar-refractivity contribution in [1.82, 2.24) is 5.16 Å². The molecule has 3 rings (SSSR count). The molecule has 0 unspecified atom stereocenters. The number of fused-ring (bicyclic) bond motifs is 1. The molecule has 0 aliphatic heterocycles. The van der Waals surface area contributed by atoms with Gasteiger partial charge in [-0.1, -0.05) is 17.3 Å². The average molecular weight is 312 g/mol. The predicted molar refractivity (Wildman–Crippen MR) is 85.9 cm³/mol. The van der Waals surface area contributed by atoms with Gasteiger partial charge >= 0.3 is 0 Å². The molecule has 23 heavy (non-hydrogen) atoms. The monoisotopic (exact) mass is 312 g/mol. The van der Waals surface area contributed by atoms with Crippen molar-refractivity contribution in [2.24, 2.45) is 0 Å². The third-order valence-electron chi connectivity index (χ3n) is 3.42. The molecule has 0 aliphatic rings. The molecular formula is C17H16N2O4. The Kier molecular flexibility index (Phi) is 4.14. The third kappa shape index (κ3) is 3.26. The van der Waals surface area contributed by atoms with Crippen molar-refractivity contribution in [3.05, 3.63) is 48.2 Å². The van der Waals surface area contributed by atoms with Gasteiger partial charge in [0.1, 0.15) is 17.2 Å². The number of anilines is 1. The van der Waals surface area contributed by atoms with Crippen LogP contribution in [0.15, 0.2) is 47.0 Å². The number of nitrogens with zero attached hydrogens (tertiary/aromatic N) is 1. The van der Waals surface area contributed by atoms with Crippen molar-refractivity contribution in [3.63, 3.8) is 0 Å². The molecule has 3 aromatic rings. The highest BCUT2D eigenvalue weighted by Crippen LogP contribution is 2.26. The average Bonchev–Trinajstić information content (AvgIpc) is 2.97. The SMILES string of the molecule is COc1cc(NC(=O)Cc2noc3ccccc23)cc(OC)c1. The molecule has 0 bridgehead atoms. The largest absolute Gasteiger partial charge is 0.497 e. The lowest BCUT2D eigenvalue weighted by Crippen LogP contribution is -2.14. The second-order valence-corrected chi connectivity index (χ2v) is 4.95. The summed E-state index contributed by atoms with van der Waals surface area (Å²) in [5.74, 6) is 1.01. The zero-order valence-corrected chi connectivity index (χ0v) is 12.8. The first-order valence-electron chi connectivity index (χ1n) is 7.06. The summed E-state index contributed by atoms with van der Waals surface area (Å²) in [5.41, 5.74) is 1.87. The minimum absolute atomic E-state index is 0.122. The van der Waals surface area contributed by atoms with Crippen LogP contribution in [0.3, 0.4) is 0 Å². The van der Waals surface area contributed by atoms with Crippen LogP contribution in [0.5, 0.6) is 11.5 Å². The number of hydrogen-bond donors (Lipinski definition) is 1. The smallest absolute Gasteiger partial charge is 0.230 e. The first-order chi connectivity index (χ1) is 11.2. The zero-order chi connectivity index (χ0) is 16.2. The molecule has 6 nitrogen and oxygen atoms in total. The number of carbonyl (C=O) groups is 1. The van der Waals surface area contributed by atoms with E-state index in [2.05, 4.69) is 10.5 Å². The van der Waals surface area contributed by atoms with E-state index in [4.69, 9.17) is 14.0 Å². The molecule has 1 N–H and O–H groups in total. The normalized spacial score (nSPS) is 10.5. The van der Waals surface area contributed by atoms with E-state index in [-0.39, 0.29) is 12.3 Å². The Morgan fingerprint density at radius 2 is 1.83 bits per heavy atom. The van der Waals surface area contributed by atoms with Gasteiger partial charge < -0.3 is 19.3 Å². The summed E-state index contributed by atoms with van der Waals surface area (Å²) in [6.07, 6.45) is 0.122. The number of aromatic nitrogens is 1. The quantitative estimate of drug-likeness (QED) is 0.784. The molecule has 0 spiro atoms. The number of hydrogen-bond acceptors (Lipinski definition) is 5. The second-order valence-electron chi connectivity index (χ2n) is 4.95. The highest BCUT2D eigenvalue weighted by atomic mass is 16.5.